The number of hydrogen-bond donors (Lipinski definition) is 2. The molecule has 3 heterocycles. The van der Waals surface area contributed by atoms with Crippen LogP contribution in [-0.4, -0.2) is 63.7 Å². The normalized spacial score (nSPS) is 19.0. The molecule has 6 rings (SSSR count). The van der Waals surface area contributed by atoms with Gasteiger partial charge >= 0.3 is 0 Å². The van der Waals surface area contributed by atoms with Gasteiger partial charge in [-0.25, -0.2) is 17.9 Å². The lowest BCUT2D eigenvalue weighted by Gasteiger charge is -2.37. The van der Waals surface area contributed by atoms with Crippen LogP contribution in [0.2, 0.25) is 0 Å². The summed E-state index contributed by atoms with van der Waals surface area (Å²) in [5.41, 5.74) is 1.63. The zero-order chi connectivity index (χ0) is 31.0. The summed E-state index contributed by atoms with van der Waals surface area (Å²) < 4.78 is 42.6. The zero-order valence-corrected chi connectivity index (χ0v) is 26.1. The van der Waals surface area contributed by atoms with Gasteiger partial charge in [0.25, 0.3) is 5.56 Å². The molecular weight excluding hydrogens is 582 g/mol. The summed E-state index contributed by atoms with van der Waals surface area (Å²) in [5, 5.41) is 16.2. The lowest BCUT2D eigenvalue weighted by Crippen LogP contribution is -2.46. The second-order valence-corrected chi connectivity index (χ2v) is 13.5. The number of aliphatic hydroxyl groups excluding tert-OH is 1. The molecular formula is C32H39N5O6S. The van der Waals surface area contributed by atoms with Crippen molar-refractivity contribution in [1.82, 2.24) is 23.9 Å². The van der Waals surface area contributed by atoms with Crippen molar-refractivity contribution in [3.05, 3.63) is 69.9 Å². The van der Waals surface area contributed by atoms with E-state index in [1.807, 2.05) is 6.92 Å². The maximum atomic E-state index is 14.2. The molecule has 0 amide bonds. The zero-order valence-electron chi connectivity index (χ0n) is 25.3. The third-order valence-corrected chi connectivity index (χ3v) is 10.8. The third kappa shape index (κ3) is 5.50. The molecule has 0 radical (unpaired) electrons. The molecule has 2 aliphatic rings. The second-order valence-electron chi connectivity index (χ2n) is 11.6. The number of benzene rings is 2. The molecule has 2 fully saturated rings. The summed E-state index contributed by atoms with van der Waals surface area (Å²) >= 11 is 0. The summed E-state index contributed by atoms with van der Waals surface area (Å²) in [6.45, 7) is 4.26. The van der Waals surface area contributed by atoms with E-state index in [-0.39, 0.29) is 28.7 Å². The van der Waals surface area contributed by atoms with Crippen LogP contribution >= 0.6 is 0 Å². The average Bonchev–Trinajstić information content (AvgIpc) is 3.69. The average molecular weight is 622 g/mol. The number of ether oxygens (including phenoxy) is 2. The van der Waals surface area contributed by atoms with Crippen LogP contribution in [-0.2, 0) is 10.0 Å². The fourth-order valence-electron chi connectivity index (χ4n) is 6.60. The maximum Gasteiger partial charge on any atom is 0.277 e. The van der Waals surface area contributed by atoms with Gasteiger partial charge in [-0.15, -0.1) is 5.10 Å². The molecule has 0 spiro atoms. The van der Waals surface area contributed by atoms with Crippen LogP contribution in [0.4, 0.5) is 0 Å². The van der Waals surface area contributed by atoms with Crippen LogP contribution in [0.1, 0.15) is 81.0 Å². The Labute approximate surface area is 256 Å². The summed E-state index contributed by atoms with van der Waals surface area (Å²) in [6.07, 6.45) is 5.17. The van der Waals surface area contributed by atoms with Gasteiger partial charge in [0.05, 0.1) is 42.0 Å². The Bertz CT molecular complexity index is 1810. The molecule has 1 aliphatic carbocycles. The van der Waals surface area contributed by atoms with Crippen molar-refractivity contribution >= 4 is 15.5 Å². The minimum Gasteiger partial charge on any atom is -0.497 e. The van der Waals surface area contributed by atoms with E-state index in [0.717, 1.165) is 37.9 Å². The lowest BCUT2D eigenvalue weighted by atomic mass is 9.95. The number of nitrogens with one attached hydrogen (secondary N) is 1. The number of sulfonamides is 1. The Hall–Kier alpha value is -3.74. The Balaban J connectivity index is 1.41. The number of aromatic amines is 1. The van der Waals surface area contributed by atoms with Gasteiger partial charge in [0, 0.05) is 12.5 Å². The molecule has 1 aliphatic heterocycles. The first-order valence-electron chi connectivity index (χ1n) is 15.3. The number of hydrogen-bond acceptors (Lipinski definition) is 8. The minimum atomic E-state index is -4.05. The number of nitrogens with zero attached hydrogens (tertiary/aromatic N) is 4. The molecule has 1 saturated carbocycles. The fourth-order valence-corrected chi connectivity index (χ4v) is 8.33. The predicted molar refractivity (Wildman–Crippen MR) is 166 cm³/mol. The molecule has 234 valence electrons. The molecule has 2 atom stereocenters. The number of methoxy groups -OCH3 is 1. The van der Waals surface area contributed by atoms with Gasteiger partial charge in [-0.1, -0.05) is 31.4 Å². The van der Waals surface area contributed by atoms with Gasteiger partial charge in [0.2, 0.25) is 10.0 Å². The van der Waals surface area contributed by atoms with Crippen molar-refractivity contribution in [1.29, 1.82) is 0 Å². The number of fused-ring (bicyclic) bond motifs is 1. The van der Waals surface area contributed by atoms with Crippen molar-refractivity contribution in [3.8, 4) is 22.9 Å². The second kappa shape index (κ2) is 12.3. The Morgan fingerprint density at radius 3 is 2.50 bits per heavy atom. The molecule has 4 aromatic rings. The number of H-pyrrole nitrogens is 1. The summed E-state index contributed by atoms with van der Waals surface area (Å²) in [7, 11) is -2.49. The van der Waals surface area contributed by atoms with Gasteiger partial charge in [-0.3, -0.25) is 4.79 Å². The molecule has 2 aromatic carbocycles. The van der Waals surface area contributed by atoms with Gasteiger partial charge < -0.3 is 19.6 Å². The smallest absolute Gasteiger partial charge is 0.277 e. The van der Waals surface area contributed by atoms with E-state index in [1.165, 1.54) is 16.4 Å². The van der Waals surface area contributed by atoms with Crippen molar-refractivity contribution in [2.75, 3.05) is 20.3 Å². The van der Waals surface area contributed by atoms with Gasteiger partial charge in [0.15, 0.2) is 11.3 Å². The molecule has 1 saturated heterocycles. The maximum absolute atomic E-state index is 14.2. The van der Waals surface area contributed by atoms with Crippen molar-refractivity contribution in [2.45, 2.75) is 81.8 Å². The largest absolute Gasteiger partial charge is 0.497 e. The first-order valence-corrected chi connectivity index (χ1v) is 16.8. The number of piperidine rings is 1. The molecule has 12 heteroatoms. The summed E-state index contributed by atoms with van der Waals surface area (Å²) in [5.74, 6) is 2.23. The van der Waals surface area contributed by atoms with Crippen LogP contribution in [0, 0.1) is 6.92 Å². The first kappa shape index (κ1) is 30.3. The van der Waals surface area contributed by atoms with Crippen LogP contribution in [0.25, 0.3) is 16.9 Å². The van der Waals surface area contributed by atoms with Gasteiger partial charge in [-0.05, 0) is 75.4 Å². The van der Waals surface area contributed by atoms with Crippen LogP contribution < -0.4 is 15.0 Å². The van der Waals surface area contributed by atoms with E-state index in [9.17, 15) is 18.3 Å². The van der Waals surface area contributed by atoms with E-state index in [4.69, 9.17) is 19.6 Å². The number of aliphatic hydroxyl groups is 1. The molecule has 2 aromatic heterocycles. The van der Waals surface area contributed by atoms with Crippen molar-refractivity contribution in [2.24, 2.45) is 0 Å². The van der Waals surface area contributed by atoms with Crippen molar-refractivity contribution < 1.29 is 23.0 Å². The fraction of sp³-hybridized carbons (Fsp3) is 0.469. The highest BCUT2D eigenvalue weighted by Crippen LogP contribution is 2.37. The summed E-state index contributed by atoms with van der Waals surface area (Å²) in [4.78, 5) is 21.0. The standard InChI is InChI=1S/C32H39N5O6S/c1-4-43-27-17-16-24(44(40,41)36-18-8-7-11-26(36)29(38)21-12-14-23(42-3)15-13-21)19-25(27)30-34-32(39)28-20(2)33-31(37(28)35-30)22-9-5-6-10-22/h12-17,19,22,26,29,38H,4-11,18H2,1-3H3,(H,34,35,39). The van der Waals surface area contributed by atoms with Crippen molar-refractivity contribution in [3.63, 3.8) is 0 Å². The molecule has 11 nitrogen and oxygen atoms in total. The van der Waals surface area contributed by atoms with E-state index in [0.29, 0.717) is 53.3 Å². The molecule has 2 unspecified atom stereocenters. The van der Waals surface area contributed by atoms with E-state index >= 15 is 0 Å². The molecule has 2 N–H and O–H groups in total. The van der Waals surface area contributed by atoms with E-state index in [2.05, 4.69) is 4.98 Å². The quantitative estimate of drug-likeness (QED) is 0.273. The predicted octanol–water partition coefficient (Wildman–Crippen LogP) is 4.73. The van der Waals surface area contributed by atoms with Gasteiger partial charge in [-0.2, -0.15) is 4.31 Å². The van der Waals surface area contributed by atoms with Crippen LogP contribution in [0.5, 0.6) is 11.5 Å². The number of aryl methyl sites for hydroxylation is 1. The Morgan fingerprint density at radius 1 is 1.07 bits per heavy atom. The summed E-state index contributed by atoms with van der Waals surface area (Å²) in [6, 6.07) is 11.0. The van der Waals surface area contributed by atoms with Crippen LogP contribution in [0.3, 0.4) is 0 Å². The number of aromatic nitrogens is 4. The molecule has 0 bridgehead atoms. The Kier molecular flexibility index (Phi) is 8.49. The van der Waals surface area contributed by atoms with Gasteiger partial charge in [0.1, 0.15) is 17.3 Å². The third-order valence-electron chi connectivity index (χ3n) is 8.85. The van der Waals surface area contributed by atoms with E-state index < -0.39 is 22.2 Å². The SMILES string of the molecule is CCOc1ccc(S(=O)(=O)N2CCCCC2C(O)c2ccc(OC)cc2)cc1-c1nn2c(C3CCCC3)nc(C)c2c(=O)[nH]1. The Morgan fingerprint density at radius 2 is 1.80 bits per heavy atom. The highest BCUT2D eigenvalue weighted by Gasteiger charge is 2.38. The monoisotopic (exact) mass is 621 g/mol. The highest BCUT2D eigenvalue weighted by atomic mass is 32.2. The first-order chi connectivity index (χ1) is 21.2. The minimum absolute atomic E-state index is 0.0327. The van der Waals surface area contributed by atoms with E-state index in [1.54, 1.807) is 48.9 Å². The topological polar surface area (TPSA) is 139 Å². The molecule has 44 heavy (non-hydrogen) atoms. The highest BCUT2D eigenvalue weighted by molar-refractivity contribution is 7.89. The van der Waals surface area contributed by atoms with Crippen LogP contribution in [0.15, 0.2) is 52.2 Å². The number of rotatable bonds is 9. The lowest BCUT2D eigenvalue weighted by molar-refractivity contribution is 0.0690. The number of imidazole rings is 1.